The quantitative estimate of drug-likeness (QED) is 0.525. The molecule has 0 bridgehead atoms. The number of nitrogens with zero attached hydrogens (tertiary/aromatic N) is 1. The summed E-state index contributed by atoms with van der Waals surface area (Å²) in [6.07, 6.45) is 1.40. The molecule has 3 aromatic rings. The number of fused-ring (bicyclic) bond motifs is 1. The predicted molar refractivity (Wildman–Crippen MR) is 89.3 cm³/mol. The monoisotopic (exact) mass is 392 g/mol. The number of nitrogens with one attached hydrogen (secondary N) is 1. The van der Waals surface area contributed by atoms with Crippen LogP contribution in [0, 0.1) is 15.9 Å². The highest BCUT2D eigenvalue weighted by Crippen LogP contribution is 2.28. The first-order valence-electron chi connectivity index (χ1n) is 6.83. The number of non-ortho nitro benzene ring substituents is 1. The Bertz CT molecular complexity index is 954. The molecule has 1 heterocycles. The first-order valence-corrected chi connectivity index (χ1v) is 7.63. The lowest BCUT2D eigenvalue weighted by Crippen LogP contribution is -2.14. The van der Waals surface area contributed by atoms with Crippen molar-refractivity contribution in [1.82, 2.24) is 0 Å². The fourth-order valence-electron chi connectivity index (χ4n) is 2.28. The van der Waals surface area contributed by atoms with E-state index < -0.39 is 10.7 Å². The van der Waals surface area contributed by atoms with Gasteiger partial charge in [0.1, 0.15) is 11.4 Å². The van der Waals surface area contributed by atoms with Crippen molar-refractivity contribution in [2.24, 2.45) is 0 Å². The lowest BCUT2D eigenvalue weighted by atomic mass is 10.1. The zero-order valence-corrected chi connectivity index (χ0v) is 13.7. The average Bonchev–Trinajstić information content (AvgIpc) is 2.91. The van der Waals surface area contributed by atoms with E-state index in [1.54, 1.807) is 0 Å². The molecule has 3 rings (SSSR count). The van der Waals surface area contributed by atoms with Gasteiger partial charge in [-0.2, -0.15) is 0 Å². The van der Waals surface area contributed by atoms with Crippen molar-refractivity contribution >= 4 is 44.2 Å². The highest BCUT2D eigenvalue weighted by Gasteiger charge is 2.14. The van der Waals surface area contributed by atoms with Gasteiger partial charge in [-0.3, -0.25) is 14.9 Å². The number of hydrogen-bond donors (Lipinski definition) is 1. The summed E-state index contributed by atoms with van der Waals surface area (Å²) in [6.45, 7) is 0. The molecule has 2 aromatic carbocycles. The van der Waals surface area contributed by atoms with Gasteiger partial charge >= 0.3 is 0 Å². The van der Waals surface area contributed by atoms with Crippen molar-refractivity contribution in [3.63, 3.8) is 0 Å². The van der Waals surface area contributed by atoms with Crippen LogP contribution in [0.3, 0.4) is 0 Å². The Balaban J connectivity index is 1.78. The van der Waals surface area contributed by atoms with E-state index in [1.807, 2.05) is 0 Å². The van der Waals surface area contributed by atoms with E-state index in [2.05, 4.69) is 21.2 Å². The van der Waals surface area contributed by atoms with Crippen LogP contribution in [0.25, 0.3) is 11.0 Å². The molecule has 8 heteroatoms. The maximum absolute atomic E-state index is 13.3. The van der Waals surface area contributed by atoms with Gasteiger partial charge in [0.2, 0.25) is 5.91 Å². The lowest BCUT2D eigenvalue weighted by Gasteiger charge is -2.06. The van der Waals surface area contributed by atoms with Gasteiger partial charge in [0.05, 0.1) is 23.3 Å². The second kappa shape index (κ2) is 6.40. The van der Waals surface area contributed by atoms with Gasteiger partial charge in [-0.15, -0.1) is 0 Å². The summed E-state index contributed by atoms with van der Waals surface area (Å²) in [6, 6.07) is 8.13. The third-order valence-corrected chi connectivity index (χ3v) is 4.06. The summed E-state index contributed by atoms with van der Waals surface area (Å²) in [5, 5.41) is 13.9. The number of amides is 1. The van der Waals surface area contributed by atoms with E-state index >= 15 is 0 Å². The largest absolute Gasteiger partial charge is 0.464 e. The van der Waals surface area contributed by atoms with Gasteiger partial charge in [0, 0.05) is 27.6 Å². The molecular weight excluding hydrogens is 383 g/mol. The molecule has 0 atom stereocenters. The number of rotatable bonds is 4. The van der Waals surface area contributed by atoms with E-state index in [0.717, 1.165) is 0 Å². The molecule has 0 saturated carbocycles. The standard InChI is InChI=1S/C16H10BrFN2O4/c17-13-7-11(20(22)23)2-3-14(13)19-16(21)5-9-8-24-15-4-1-10(18)6-12(9)15/h1-4,6-8H,5H2,(H,19,21). The number of hydrogen-bond acceptors (Lipinski definition) is 4. The van der Waals surface area contributed by atoms with Gasteiger partial charge in [-0.05, 0) is 40.2 Å². The molecule has 6 nitrogen and oxygen atoms in total. The van der Waals surface area contributed by atoms with Crippen LogP contribution in [0.15, 0.2) is 51.6 Å². The van der Waals surface area contributed by atoms with Gasteiger partial charge in [0.15, 0.2) is 0 Å². The Morgan fingerprint density at radius 3 is 2.79 bits per heavy atom. The minimum absolute atomic E-state index is 0.0140. The van der Waals surface area contributed by atoms with Crippen molar-refractivity contribution in [3.8, 4) is 0 Å². The topological polar surface area (TPSA) is 85.4 Å². The van der Waals surface area contributed by atoms with E-state index in [9.17, 15) is 19.3 Å². The second-order valence-corrected chi connectivity index (χ2v) is 5.90. The summed E-state index contributed by atoms with van der Waals surface area (Å²) in [7, 11) is 0. The van der Waals surface area contributed by atoms with Crippen LogP contribution in [0.5, 0.6) is 0 Å². The van der Waals surface area contributed by atoms with Crippen LogP contribution in [-0.2, 0) is 11.2 Å². The first kappa shape index (κ1) is 16.1. The molecule has 24 heavy (non-hydrogen) atoms. The number of nitro benzene ring substituents is 1. The minimum atomic E-state index is -0.525. The summed E-state index contributed by atoms with van der Waals surface area (Å²) >= 11 is 3.18. The molecule has 0 spiro atoms. The zero-order chi connectivity index (χ0) is 17.3. The molecule has 0 fully saturated rings. The van der Waals surface area contributed by atoms with Gasteiger partial charge < -0.3 is 9.73 Å². The maximum Gasteiger partial charge on any atom is 0.270 e. The number of halogens is 2. The maximum atomic E-state index is 13.3. The van der Waals surface area contributed by atoms with Crippen LogP contribution < -0.4 is 5.32 Å². The number of benzene rings is 2. The highest BCUT2D eigenvalue weighted by atomic mass is 79.9. The minimum Gasteiger partial charge on any atom is -0.464 e. The van der Waals surface area contributed by atoms with Crippen molar-refractivity contribution in [2.45, 2.75) is 6.42 Å². The second-order valence-electron chi connectivity index (χ2n) is 5.05. The zero-order valence-electron chi connectivity index (χ0n) is 12.1. The normalized spacial score (nSPS) is 10.8. The molecule has 1 N–H and O–H groups in total. The first-order chi connectivity index (χ1) is 11.4. The van der Waals surface area contributed by atoms with E-state index in [4.69, 9.17) is 4.42 Å². The van der Waals surface area contributed by atoms with Crippen LogP contribution in [0.1, 0.15) is 5.56 Å². The average molecular weight is 393 g/mol. The molecule has 122 valence electrons. The van der Waals surface area contributed by atoms with E-state index in [1.165, 1.54) is 42.7 Å². The van der Waals surface area contributed by atoms with Gasteiger partial charge in [-0.1, -0.05) is 0 Å². The molecular formula is C16H10BrFN2O4. The lowest BCUT2D eigenvalue weighted by molar-refractivity contribution is -0.384. The van der Waals surface area contributed by atoms with Crippen LogP contribution in [0.4, 0.5) is 15.8 Å². The Labute approximate surface area is 143 Å². The van der Waals surface area contributed by atoms with Gasteiger partial charge in [0.25, 0.3) is 5.69 Å². The van der Waals surface area contributed by atoms with Crippen LogP contribution >= 0.6 is 15.9 Å². The summed E-state index contributed by atoms with van der Waals surface area (Å²) in [5.41, 5.74) is 1.37. The molecule has 0 saturated heterocycles. The van der Waals surface area contributed by atoms with E-state index in [-0.39, 0.29) is 18.0 Å². The molecule has 1 aromatic heterocycles. The van der Waals surface area contributed by atoms with Crippen molar-refractivity contribution in [3.05, 3.63) is 68.6 Å². The molecule has 0 radical (unpaired) electrons. The Hall–Kier alpha value is -2.74. The Morgan fingerprint density at radius 2 is 2.08 bits per heavy atom. The summed E-state index contributed by atoms with van der Waals surface area (Å²) in [5.74, 6) is -0.764. The van der Waals surface area contributed by atoms with Crippen molar-refractivity contribution < 1.29 is 18.5 Å². The Morgan fingerprint density at radius 1 is 1.29 bits per heavy atom. The predicted octanol–water partition coefficient (Wildman–Crippen LogP) is 4.42. The van der Waals surface area contributed by atoms with Crippen molar-refractivity contribution in [1.29, 1.82) is 0 Å². The number of carbonyl (C=O) groups excluding carboxylic acids is 1. The Kier molecular flexibility index (Phi) is 4.30. The summed E-state index contributed by atoms with van der Waals surface area (Å²) in [4.78, 5) is 22.4. The van der Waals surface area contributed by atoms with Crippen LogP contribution in [0.2, 0.25) is 0 Å². The summed E-state index contributed by atoms with van der Waals surface area (Å²) < 4.78 is 19.0. The molecule has 0 aliphatic rings. The number of anilines is 1. The van der Waals surface area contributed by atoms with Gasteiger partial charge in [-0.25, -0.2) is 4.39 Å². The number of nitro groups is 1. The molecule has 0 unspecified atom stereocenters. The van der Waals surface area contributed by atoms with Crippen LogP contribution in [-0.4, -0.2) is 10.8 Å². The third-order valence-electron chi connectivity index (χ3n) is 3.40. The van der Waals surface area contributed by atoms with Crippen molar-refractivity contribution in [2.75, 3.05) is 5.32 Å². The molecule has 0 aliphatic carbocycles. The highest BCUT2D eigenvalue weighted by molar-refractivity contribution is 9.10. The fraction of sp³-hybridized carbons (Fsp3) is 0.0625. The number of furan rings is 1. The molecule has 0 aliphatic heterocycles. The fourth-order valence-corrected chi connectivity index (χ4v) is 2.74. The van der Waals surface area contributed by atoms with E-state index in [0.29, 0.717) is 26.7 Å². The smallest absolute Gasteiger partial charge is 0.270 e. The SMILES string of the molecule is O=C(Cc1coc2ccc(F)cc12)Nc1ccc([N+](=O)[O-])cc1Br. The molecule has 1 amide bonds. The number of carbonyl (C=O) groups is 1. The third kappa shape index (κ3) is 3.28.